The van der Waals surface area contributed by atoms with Crippen molar-refractivity contribution in [3.8, 4) is 5.75 Å². The van der Waals surface area contributed by atoms with Crippen molar-refractivity contribution in [1.82, 2.24) is 14.9 Å². The second kappa shape index (κ2) is 7.43. The number of hydrogen-bond acceptors (Lipinski definition) is 3. The van der Waals surface area contributed by atoms with Gasteiger partial charge >= 0.3 is 0 Å². The monoisotopic (exact) mass is 363 g/mol. The minimum Gasteiger partial charge on any atom is -0.484 e. The van der Waals surface area contributed by atoms with Gasteiger partial charge in [-0.05, 0) is 56.5 Å². The fraction of sp³-hybridized carbons (Fsp3) is 0.364. The second-order valence-electron chi connectivity index (χ2n) is 7.40. The van der Waals surface area contributed by atoms with Gasteiger partial charge in [0.25, 0.3) is 5.91 Å². The van der Waals surface area contributed by atoms with E-state index in [-0.39, 0.29) is 12.5 Å². The minimum atomic E-state index is 0.0502. The van der Waals surface area contributed by atoms with Crippen molar-refractivity contribution >= 4 is 16.9 Å². The van der Waals surface area contributed by atoms with E-state index in [4.69, 9.17) is 9.72 Å². The molecule has 4 rings (SSSR count). The molecular formula is C22H25N3O2. The van der Waals surface area contributed by atoms with E-state index in [1.54, 1.807) is 0 Å². The lowest BCUT2D eigenvalue weighted by Crippen LogP contribution is -2.40. The normalized spacial score (nSPS) is 15.3. The van der Waals surface area contributed by atoms with Crippen LogP contribution in [0, 0.1) is 13.8 Å². The fourth-order valence-electron chi connectivity index (χ4n) is 3.61. The van der Waals surface area contributed by atoms with Gasteiger partial charge in [-0.3, -0.25) is 4.79 Å². The summed E-state index contributed by atoms with van der Waals surface area (Å²) in [5.74, 6) is 2.20. The van der Waals surface area contributed by atoms with Crippen molar-refractivity contribution in [3.05, 3.63) is 59.4 Å². The van der Waals surface area contributed by atoms with Crippen molar-refractivity contribution < 1.29 is 9.53 Å². The maximum Gasteiger partial charge on any atom is 0.260 e. The maximum absolute atomic E-state index is 12.4. The summed E-state index contributed by atoms with van der Waals surface area (Å²) in [5.41, 5.74) is 4.51. The van der Waals surface area contributed by atoms with Crippen LogP contribution in [0.3, 0.4) is 0 Å². The molecule has 0 unspecified atom stereocenters. The van der Waals surface area contributed by atoms with Crippen LogP contribution in [0.5, 0.6) is 5.75 Å². The Morgan fingerprint density at radius 1 is 1.11 bits per heavy atom. The third kappa shape index (κ3) is 3.97. The van der Waals surface area contributed by atoms with Crippen LogP contribution >= 0.6 is 0 Å². The summed E-state index contributed by atoms with van der Waals surface area (Å²) in [6.07, 6.45) is 1.85. The number of nitrogens with zero attached hydrogens (tertiary/aromatic N) is 2. The number of nitrogens with one attached hydrogen (secondary N) is 1. The highest BCUT2D eigenvalue weighted by atomic mass is 16.5. The molecule has 0 radical (unpaired) electrons. The Hall–Kier alpha value is -2.82. The van der Waals surface area contributed by atoms with Crippen LogP contribution in [0.4, 0.5) is 0 Å². The van der Waals surface area contributed by atoms with Gasteiger partial charge in [-0.15, -0.1) is 0 Å². The molecule has 0 saturated carbocycles. The average molecular weight is 363 g/mol. The van der Waals surface area contributed by atoms with Crippen LogP contribution in [0.1, 0.15) is 35.7 Å². The van der Waals surface area contributed by atoms with Gasteiger partial charge in [0.05, 0.1) is 11.0 Å². The van der Waals surface area contributed by atoms with E-state index in [1.807, 2.05) is 36.1 Å². The van der Waals surface area contributed by atoms with E-state index >= 15 is 0 Å². The Kier molecular flexibility index (Phi) is 4.84. The van der Waals surface area contributed by atoms with Gasteiger partial charge in [-0.25, -0.2) is 4.98 Å². The Morgan fingerprint density at radius 3 is 2.56 bits per heavy atom. The van der Waals surface area contributed by atoms with Crippen molar-refractivity contribution in [1.29, 1.82) is 0 Å². The smallest absolute Gasteiger partial charge is 0.260 e. The number of fused-ring (bicyclic) bond motifs is 1. The molecule has 1 fully saturated rings. The number of imidazole rings is 1. The SMILES string of the molecule is Cc1ccc(OCC(=O)N2CCC(c3nc4ccc(C)cc4[nH]3)CC2)cc1. The first-order valence-corrected chi connectivity index (χ1v) is 9.52. The van der Waals surface area contributed by atoms with Crippen LogP contribution in [0.25, 0.3) is 11.0 Å². The maximum atomic E-state index is 12.4. The molecule has 1 N–H and O–H groups in total. The molecule has 0 bridgehead atoms. The molecule has 0 spiro atoms. The van der Waals surface area contributed by atoms with Gasteiger partial charge in [0.1, 0.15) is 11.6 Å². The molecule has 1 aromatic heterocycles. The van der Waals surface area contributed by atoms with E-state index in [2.05, 4.69) is 30.1 Å². The predicted octanol–water partition coefficient (Wildman–Crippen LogP) is 3.96. The summed E-state index contributed by atoms with van der Waals surface area (Å²) in [7, 11) is 0. The number of likely N-dealkylation sites (tertiary alicyclic amines) is 1. The summed E-state index contributed by atoms with van der Waals surface area (Å²) in [6, 6.07) is 14.1. The van der Waals surface area contributed by atoms with Crippen LogP contribution in [-0.4, -0.2) is 40.5 Å². The minimum absolute atomic E-state index is 0.0502. The third-order valence-electron chi connectivity index (χ3n) is 5.27. The fourth-order valence-corrected chi connectivity index (χ4v) is 3.61. The molecule has 1 amide bonds. The highest BCUT2D eigenvalue weighted by Gasteiger charge is 2.26. The second-order valence-corrected chi connectivity index (χ2v) is 7.40. The van der Waals surface area contributed by atoms with E-state index in [0.717, 1.165) is 48.5 Å². The molecule has 5 nitrogen and oxygen atoms in total. The Balaban J connectivity index is 1.32. The molecule has 0 atom stereocenters. The van der Waals surface area contributed by atoms with Crippen LogP contribution in [0.2, 0.25) is 0 Å². The van der Waals surface area contributed by atoms with Crippen molar-refractivity contribution in [3.63, 3.8) is 0 Å². The number of aromatic amines is 1. The number of piperidine rings is 1. The topological polar surface area (TPSA) is 58.2 Å². The lowest BCUT2D eigenvalue weighted by molar-refractivity contribution is -0.134. The van der Waals surface area contributed by atoms with Gasteiger partial charge in [0.15, 0.2) is 6.61 Å². The number of aryl methyl sites for hydroxylation is 2. The number of hydrogen-bond donors (Lipinski definition) is 1. The van der Waals surface area contributed by atoms with Gasteiger partial charge in [0.2, 0.25) is 0 Å². The Labute approximate surface area is 159 Å². The molecule has 5 heteroatoms. The molecule has 2 aromatic carbocycles. The highest BCUT2D eigenvalue weighted by Crippen LogP contribution is 2.28. The predicted molar refractivity (Wildman–Crippen MR) is 106 cm³/mol. The van der Waals surface area contributed by atoms with Crippen LogP contribution in [0.15, 0.2) is 42.5 Å². The molecule has 3 aromatic rings. The van der Waals surface area contributed by atoms with Crippen molar-refractivity contribution in [2.75, 3.05) is 19.7 Å². The average Bonchev–Trinajstić information content (AvgIpc) is 3.10. The quantitative estimate of drug-likeness (QED) is 0.763. The lowest BCUT2D eigenvalue weighted by Gasteiger charge is -2.31. The van der Waals surface area contributed by atoms with E-state index in [9.17, 15) is 4.79 Å². The first kappa shape index (κ1) is 17.6. The van der Waals surface area contributed by atoms with E-state index < -0.39 is 0 Å². The molecular weight excluding hydrogens is 338 g/mol. The number of rotatable bonds is 4. The standard InChI is InChI=1S/C22H25N3O2/c1-15-3-6-18(7-4-15)27-14-21(26)25-11-9-17(10-12-25)22-23-19-8-5-16(2)13-20(19)24-22/h3-8,13,17H,9-12,14H2,1-2H3,(H,23,24). The van der Waals surface area contributed by atoms with Crippen LogP contribution in [-0.2, 0) is 4.79 Å². The van der Waals surface area contributed by atoms with Crippen molar-refractivity contribution in [2.24, 2.45) is 0 Å². The van der Waals surface area contributed by atoms with E-state index in [1.165, 1.54) is 11.1 Å². The summed E-state index contributed by atoms with van der Waals surface area (Å²) in [6.45, 7) is 5.70. The number of ether oxygens (including phenoxy) is 1. The third-order valence-corrected chi connectivity index (χ3v) is 5.27. The number of amides is 1. The summed E-state index contributed by atoms with van der Waals surface area (Å²) in [5, 5.41) is 0. The van der Waals surface area contributed by atoms with Crippen molar-refractivity contribution in [2.45, 2.75) is 32.6 Å². The summed E-state index contributed by atoms with van der Waals surface area (Å²) >= 11 is 0. The molecule has 1 aliphatic rings. The molecule has 27 heavy (non-hydrogen) atoms. The molecule has 1 saturated heterocycles. The summed E-state index contributed by atoms with van der Waals surface area (Å²) < 4.78 is 5.63. The largest absolute Gasteiger partial charge is 0.484 e. The van der Waals surface area contributed by atoms with Gasteiger partial charge in [0, 0.05) is 19.0 Å². The molecule has 1 aliphatic heterocycles. The first-order valence-electron chi connectivity index (χ1n) is 9.52. The molecule has 0 aliphatic carbocycles. The highest BCUT2D eigenvalue weighted by molar-refractivity contribution is 5.78. The van der Waals surface area contributed by atoms with Crippen LogP contribution < -0.4 is 4.74 Å². The van der Waals surface area contributed by atoms with Gasteiger partial charge in [-0.1, -0.05) is 23.8 Å². The summed E-state index contributed by atoms with van der Waals surface area (Å²) in [4.78, 5) is 22.5. The molecule has 140 valence electrons. The number of aromatic nitrogens is 2. The molecule has 2 heterocycles. The number of carbonyl (C=O) groups excluding carboxylic acids is 1. The van der Waals surface area contributed by atoms with E-state index in [0.29, 0.717) is 5.92 Å². The Bertz CT molecular complexity index is 938. The number of carbonyl (C=O) groups is 1. The van der Waals surface area contributed by atoms with Gasteiger partial charge < -0.3 is 14.6 Å². The Morgan fingerprint density at radius 2 is 1.81 bits per heavy atom. The zero-order valence-electron chi connectivity index (χ0n) is 15.9. The number of benzene rings is 2. The van der Waals surface area contributed by atoms with Gasteiger partial charge in [-0.2, -0.15) is 0 Å². The lowest BCUT2D eigenvalue weighted by atomic mass is 9.96. The zero-order valence-corrected chi connectivity index (χ0v) is 15.9. The first-order chi connectivity index (χ1) is 13.1. The number of H-pyrrole nitrogens is 1. The zero-order chi connectivity index (χ0) is 18.8.